The highest BCUT2D eigenvalue weighted by Gasteiger charge is 2.43. The molecular formula is C13H17NO2. The molecule has 3 nitrogen and oxygen atoms in total. The third kappa shape index (κ3) is 2.61. The maximum absolute atomic E-state index is 11.7. The van der Waals surface area contributed by atoms with E-state index in [9.17, 15) is 4.79 Å². The summed E-state index contributed by atoms with van der Waals surface area (Å²) in [4.78, 5) is 11.7. The molecule has 3 heteroatoms. The minimum absolute atomic E-state index is 0.158. The number of nitrogens with one attached hydrogen (secondary N) is 1. The largest absolute Gasteiger partial charge is 0.383 e. The molecule has 0 saturated heterocycles. The molecule has 0 unspecified atom stereocenters. The molecule has 2 atom stereocenters. The Hall–Kier alpha value is -1.35. The van der Waals surface area contributed by atoms with Crippen molar-refractivity contribution in [2.24, 2.45) is 5.92 Å². The van der Waals surface area contributed by atoms with Crippen molar-refractivity contribution < 1.29 is 9.53 Å². The van der Waals surface area contributed by atoms with Gasteiger partial charge < -0.3 is 10.1 Å². The average Bonchev–Trinajstić information content (AvgIpc) is 3.10. The minimum atomic E-state index is 0.158. The van der Waals surface area contributed by atoms with Crippen molar-refractivity contribution in [2.75, 3.05) is 20.3 Å². The summed E-state index contributed by atoms with van der Waals surface area (Å²) < 4.78 is 4.89. The fraction of sp³-hybridized carbons (Fsp3) is 0.462. The lowest BCUT2D eigenvalue weighted by Gasteiger charge is -2.03. The first kappa shape index (κ1) is 11.1. The van der Waals surface area contributed by atoms with Crippen LogP contribution in [0.5, 0.6) is 0 Å². The Morgan fingerprint density at radius 1 is 1.44 bits per heavy atom. The number of carbonyl (C=O) groups excluding carboxylic acids is 1. The molecule has 0 spiro atoms. The van der Waals surface area contributed by atoms with Crippen molar-refractivity contribution >= 4 is 5.91 Å². The van der Waals surface area contributed by atoms with Gasteiger partial charge in [-0.05, 0) is 17.9 Å². The van der Waals surface area contributed by atoms with E-state index in [4.69, 9.17) is 4.74 Å². The zero-order valence-corrected chi connectivity index (χ0v) is 9.48. The SMILES string of the molecule is COCCNC(=O)[C@@H]1C[C@H]1c1ccccc1. The molecule has 1 amide bonds. The van der Waals surface area contributed by atoms with E-state index in [2.05, 4.69) is 17.4 Å². The van der Waals surface area contributed by atoms with Gasteiger partial charge in [0, 0.05) is 19.6 Å². The van der Waals surface area contributed by atoms with Crippen LogP contribution in [0.4, 0.5) is 0 Å². The summed E-state index contributed by atoms with van der Waals surface area (Å²) in [5.74, 6) is 0.744. The number of ether oxygens (including phenoxy) is 1. The van der Waals surface area contributed by atoms with Gasteiger partial charge in [-0.1, -0.05) is 30.3 Å². The summed E-state index contributed by atoms with van der Waals surface area (Å²) in [7, 11) is 1.63. The molecule has 0 bridgehead atoms. The summed E-state index contributed by atoms with van der Waals surface area (Å²) in [6.45, 7) is 1.18. The Labute approximate surface area is 95.8 Å². The van der Waals surface area contributed by atoms with Crippen LogP contribution in [0.1, 0.15) is 17.9 Å². The van der Waals surface area contributed by atoms with Crippen molar-refractivity contribution in [1.82, 2.24) is 5.32 Å². The lowest BCUT2D eigenvalue weighted by molar-refractivity contribution is -0.122. The first-order valence-electron chi connectivity index (χ1n) is 5.64. The van der Waals surface area contributed by atoms with Gasteiger partial charge in [0.05, 0.1) is 6.61 Å². The highest BCUT2D eigenvalue weighted by molar-refractivity contribution is 5.82. The van der Waals surface area contributed by atoms with E-state index >= 15 is 0 Å². The molecule has 1 aliphatic rings. The first-order valence-corrected chi connectivity index (χ1v) is 5.64. The smallest absolute Gasteiger partial charge is 0.223 e. The quantitative estimate of drug-likeness (QED) is 0.763. The van der Waals surface area contributed by atoms with Gasteiger partial charge in [0.15, 0.2) is 0 Å². The van der Waals surface area contributed by atoms with Crippen LogP contribution in [0.15, 0.2) is 30.3 Å². The van der Waals surface area contributed by atoms with E-state index < -0.39 is 0 Å². The van der Waals surface area contributed by atoms with E-state index in [1.54, 1.807) is 7.11 Å². The van der Waals surface area contributed by atoms with E-state index in [0.29, 0.717) is 19.1 Å². The fourth-order valence-electron chi connectivity index (χ4n) is 1.96. The number of benzene rings is 1. The maximum Gasteiger partial charge on any atom is 0.223 e. The van der Waals surface area contributed by atoms with Gasteiger partial charge in [0.2, 0.25) is 5.91 Å². The highest BCUT2D eigenvalue weighted by Crippen LogP contribution is 2.47. The Morgan fingerprint density at radius 2 is 2.19 bits per heavy atom. The number of carbonyl (C=O) groups is 1. The highest BCUT2D eigenvalue weighted by atomic mass is 16.5. The maximum atomic E-state index is 11.7. The Balaban J connectivity index is 1.80. The zero-order chi connectivity index (χ0) is 11.4. The normalized spacial score (nSPS) is 22.8. The second-order valence-corrected chi connectivity index (χ2v) is 4.14. The zero-order valence-electron chi connectivity index (χ0n) is 9.48. The number of hydrogen-bond acceptors (Lipinski definition) is 2. The summed E-state index contributed by atoms with van der Waals surface area (Å²) in [5, 5.41) is 2.88. The molecule has 1 aliphatic carbocycles. The molecule has 0 aliphatic heterocycles. The van der Waals surface area contributed by atoms with Gasteiger partial charge in [-0.2, -0.15) is 0 Å². The summed E-state index contributed by atoms with van der Waals surface area (Å²) in [6, 6.07) is 10.2. The molecule has 86 valence electrons. The molecule has 1 aromatic carbocycles. The van der Waals surface area contributed by atoms with E-state index in [0.717, 1.165) is 6.42 Å². The molecule has 0 aromatic heterocycles. The number of methoxy groups -OCH3 is 1. The van der Waals surface area contributed by atoms with Crippen molar-refractivity contribution in [3.8, 4) is 0 Å². The van der Waals surface area contributed by atoms with Crippen molar-refractivity contribution in [3.05, 3.63) is 35.9 Å². The molecule has 1 saturated carbocycles. The molecule has 1 fully saturated rings. The second kappa shape index (κ2) is 5.12. The molecule has 1 N–H and O–H groups in total. The number of rotatable bonds is 5. The van der Waals surface area contributed by atoms with Gasteiger partial charge >= 0.3 is 0 Å². The summed E-state index contributed by atoms with van der Waals surface area (Å²) in [5.41, 5.74) is 1.27. The predicted octanol–water partition coefficient (Wildman–Crippen LogP) is 1.55. The van der Waals surface area contributed by atoms with Gasteiger partial charge in [-0.3, -0.25) is 4.79 Å². The van der Waals surface area contributed by atoms with E-state index in [1.165, 1.54) is 5.56 Å². The molecule has 16 heavy (non-hydrogen) atoms. The van der Waals surface area contributed by atoms with Crippen LogP contribution in [-0.2, 0) is 9.53 Å². The fourth-order valence-corrected chi connectivity index (χ4v) is 1.96. The molecule has 1 aromatic rings. The Bertz CT molecular complexity index is 350. The molecular weight excluding hydrogens is 202 g/mol. The second-order valence-electron chi connectivity index (χ2n) is 4.14. The average molecular weight is 219 g/mol. The van der Waals surface area contributed by atoms with Crippen LogP contribution in [0.25, 0.3) is 0 Å². The summed E-state index contributed by atoms with van der Waals surface area (Å²) >= 11 is 0. The van der Waals surface area contributed by atoms with Gasteiger partial charge in [0.25, 0.3) is 0 Å². The van der Waals surface area contributed by atoms with Gasteiger partial charge in [-0.15, -0.1) is 0 Å². The van der Waals surface area contributed by atoms with Crippen LogP contribution in [0.2, 0.25) is 0 Å². The number of amides is 1. The van der Waals surface area contributed by atoms with Crippen molar-refractivity contribution in [1.29, 1.82) is 0 Å². The van der Waals surface area contributed by atoms with Crippen molar-refractivity contribution in [2.45, 2.75) is 12.3 Å². The Kier molecular flexibility index (Phi) is 3.57. The molecule has 2 rings (SSSR count). The first-order chi connectivity index (χ1) is 7.83. The summed E-state index contributed by atoms with van der Waals surface area (Å²) in [6.07, 6.45) is 0.975. The van der Waals surface area contributed by atoms with Crippen LogP contribution in [0, 0.1) is 5.92 Å². The van der Waals surface area contributed by atoms with Crippen LogP contribution < -0.4 is 5.32 Å². The van der Waals surface area contributed by atoms with Crippen LogP contribution >= 0.6 is 0 Å². The van der Waals surface area contributed by atoms with E-state index in [-0.39, 0.29) is 11.8 Å². The third-order valence-corrected chi connectivity index (χ3v) is 2.96. The third-order valence-electron chi connectivity index (χ3n) is 2.96. The lowest BCUT2D eigenvalue weighted by Crippen LogP contribution is -2.28. The predicted molar refractivity (Wildman–Crippen MR) is 62.2 cm³/mol. The van der Waals surface area contributed by atoms with Crippen LogP contribution in [-0.4, -0.2) is 26.2 Å². The molecule has 0 radical (unpaired) electrons. The topological polar surface area (TPSA) is 38.3 Å². The minimum Gasteiger partial charge on any atom is -0.383 e. The van der Waals surface area contributed by atoms with Crippen LogP contribution in [0.3, 0.4) is 0 Å². The monoisotopic (exact) mass is 219 g/mol. The van der Waals surface area contributed by atoms with Gasteiger partial charge in [0.1, 0.15) is 0 Å². The van der Waals surface area contributed by atoms with Crippen molar-refractivity contribution in [3.63, 3.8) is 0 Å². The van der Waals surface area contributed by atoms with Gasteiger partial charge in [-0.25, -0.2) is 0 Å². The Morgan fingerprint density at radius 3 is 2.88 bits per heavy atom. The van der Waals surface area contributed by atoms with E-state index in [1.807, 2.05) is 18.2 Å². The number of hydrogen-bond donors (Lipinski definition) is 1. The standard InChI is InChI=1S/C13H17NO2/c1-16-8-7-14-13(15)12-9-11(12)10-5-3-2-4-6-10/h2-6,11-12H,7-9H2,1H3,(H,14,15)/t11-,12+/m0/s1. The lowest BCUT2D eigenvalue weighted by atomic mass is 10.1. The molecule has 0 heterocycles.